The van der Waals surface area contributed by atoms with E-state index >= 15 is 0 Å². The van der Waals surface area contributed by atoms with Gasteiger partial charge in [-0.25, -0.2) is 0 Å². The number of nitrogens with zero attached hydrogens (tertiary/aromatic N) is 2. The van der Waals surface area contributed by atoms with E-state index in [9.17, 15) is 9.59 Å². The number of fused-ring (bicyclic) bond motifs is 1. The van der Waals surface area contributed by atoms with Gasteiger partial charge in [0.25, 0.3) is 11.8 Å². The zero-order chi connectivity index (χ0) is 19.7. The van der Waals surface area contributed by atoms with Gasteiger partial charge in [-0.15, -0.1) is 11.3 Å². The molecule has 2 aliphatic rings. The maximum atomic E-state index is 13.0. The maximum Gasteiger partial charge on any atom is 0.261 e. The fraction of sp³-hybridized carbons (Fsp3) is 0.429. The number of benzene rings is 1. The Kier molecular flexibility index (Phi) is 5.85. The molecular weight excluding hydrogens is 438 g/mol. The first-order chi connectivity index (χ1) is 13.5. The van der Waals surface area contributed by atoms with Crippen molar-refractivity contribution in [2.75, 3.05) is 33.2 Å². The molecule has 1 fully saturated rings. The summed E-state index contributed by atoms with van der Waals surface area (Å²) in [7, 11) is 2.14. The SMILES string of the molecule is CN1CCc2ccc(C(=O)N3CCC(NC(=O)c4ccc(Br)s4)C3)cc2CC1. The first kappa shape index (κ1) is 19.6. The average Bonchev–Trinajstić information content (AvgIpc) is 3.29. The summed E-state index contributed by atoms with van der Waals surface area (Å²) < 4.78 is 0.940. The average molecular weight is 462 g/mol. The quantitative estimate of drug-likeness (QED) is 0.763. The number of halogens is 1. The Labute approximate surface area is 177 Å². The van der Waals surface area contributed by atoms with Crippen LogP contribution in [0, 0.1) is 0 Å². The predicted molar refractivity (Wildman–Crippen MR) is 115 cm³/mol. The molecule has 2 amide bonds. The molecule has 28 heavy (non-hydrogen) atoms. The summed E-state index contributed by atoms with van der Waals surface area (Å²) in [5.74, 6) is 0.000156. The van der Waals surface area contributed by atoms with Crippen LogP contribution in [-0.4, -0.2) is 60.9 Å². The molecule has 148 valence electrons. The number of carbonyl (C=O) groups excluding carboxylic acids is 2. The molecule has 5 nitrogen and oxygen atoms in total. The van der Waals surface area contributed by atoms with Gasteiger partial charge in [-0.2, -0.15) is 0 Å². The first-order valence-electron chi connectivity index (χ1n) is 9.65. The van der Waals surface area contributed by atoms with Crippen molar-refractivity contribution < 1.29 is 9.59 Å². The second kappa shape index (κ2) is 8.35. The van der Waals surface area contributed by atoms with E-state index in [4.69, 9.17) is 0 Å². The molecular formula is C21H24BrN3O2S. The van der Waals surface area contributed by atoms with Gasteiger partial charge in [0.05, 0.1) is 8.66 Å². The van der Waals surface area contributed by atoms with E-state index in [1.54, 1.807) is 0 Å². The Morgan fingerprint density at radius 3 is 2.64 bits per heavy atom. The summed E-state index contributed by atoms with van der Waals surface area (Å²) in [5.41, 5.74) is 3.41. The zero-order valence-electron chi connectivity index (χ0n) is 15.9. The van der Waals surface area contributed by atoms with E-state index in [2.05, 4.69) is 45.3 Å². The lowest BCUT2D eigenvalue weighted by molar-refractivity contribution is 0.0783. The Hall–Kier alpha value is -1.70. The van der Waals surface area contributed by atoms with Crippen LogP contribution >= 0.6 is 27.3 Å². The summed E-state index contributed by atoms with van der Waals surface area (Å²) in [5, 5.41) is 3.06. The summed E-state index contributed by atoms with van der Waals surface area (Å²) in [4.78, 5) is 30.2. The fourth-order valence-electron chi connectivity index (χ4n) is 3.91. The van der Waals surface area contributed by atoms with Crippen molar-refractivity contribution >= 4 is 39.1 Å². The summed E-state index contributed by atoms with van der Waals surface area (Å²) in [6.07, 6.45) is 2.82. The Morgan fingerprint density at radius 2 is 1.89 bits per heavy atom. The second-order valence-electron chi connectivity index (χ2n) is 7.60. The van der Waals surface area contributed by atoms with Gasteiger partial charge in [0, 0.05) is 37.8 Å². The lowest BCUT2D eigenvalue weighted by atomic mass is 9.99. The minimum Gasteiger partial charge on any atom is -0.347 e. The highest BCUT2D eigenvalue weighted by molar-refractivity contribution is 9.11. The number of rotatable bonds is 3. The maximum absolute atomic E-state index is 13.0. The smallest absolute Gasteiger partial charge is 0.261 e. The van der Waals surface area contributed by atoms with Gasteiger partial charge in [-0.3, -0.25) is 9.59 Å². The molecule has 3 heterocycles. The third-order valence-electron chi connectivity index (χ3n) is 5.59. The molecule has 0 saturated carbocycles. The number of hydrogen-bond acceptors (Lipinski definition) is 4. The minimum absolute atomic E-state index is 0.00630. The molecule has 7 heteroatoms. The summed E-state index contributed by atoms with van der Waals surface area (Å²) in [6, 6.07) is 9.85. The molecule has 2 aliphatic heterocycles. The molecule has 1 N–H and O–H groups in total. The van der Waals surface area contributed by atoms with E-state index in [0.717, 1.165) is 41.7 Å². The first-order valence-corrected chi connectivity index (χ1v) is 11.3. The van der Waals surface area contributed by atoms with Crippen LogP contribution in [0.2, 0.25) is 0 Å². The predicted octanol–water partition coefficient (Wildman–Crippen LogP) is 3.19. The van der Waals surface area contributed by atoms with Crippen LogP contribution < -0.4 is 5.32 Å². The van der Waals surface area contributed by atoms with Crippen molar-refractivity contribution in [1.82, 2.24) is 15.1 Å². The number of likely N-dealkylation sites (tertiary alicyclic amines) is 1. The van der Waals surface area contributed by atoms with Gasteiger partial charge in [-0.05, 0) is 77.6 Å². The largest absolute Gasteiger partial charge is 0.347 e. The number of hydrogen-bond donors (Lipinski definition) is 1. The number of likely N-dealkylation sites (N-methyl/N-ethyl adjacent to an activating group) is 1. The molecule has 0 spiro atoms. The van der Waals surface area contributed by atoms with Crippen LogP contribution in [-0.2, 0) is 12.8 Å². The van der Waals surface area contributed by atoms with Crippen molar-refractivity contribution in [2.24, 2.45) is 0 Å². The van der Waals surface area contributed by atoms with Crippen molar-refractivity contribution in [3.63, 3.8) is 0 Å². The number of carbonyl (C=O) groups is 2. The van der Waals surface area contributed by atoms with Crippen LogP contribution in [0.4, 0.5) is 0 Å². The van der Waals surface area contributed by atoms with Gasteiger partial charge in [0.1, 0.15) is 0 Å². The summed E-state index contributed by atoms with van der Waals surface area (Å²) >= 11 is 4.80. The van der Waals surface area contributed by atoms with Crippen LogP contribution in [0.3, 0.4) is 0 Å². The third kappa shape index (κ3) is 4.31. The van der Waals surface area contributed by atoms with Crippen molar-refractivity contribution in [3.8, 4) is 0 Å². The van der Waals surface area contributed by atoms with Crippen LogP contribution in [0.25, 0.3) is 0 Å². The van der Waals surface area contributed by atoms with E-state index in [1.165, 1.54) is 22.5 Å². The number of amides is 2. The van der Waals surface area contributed by atoms with E-state index < -0.39 is 0 Å². The van der Waals surface area contributed by atoms with Crippen LogP contribution in [0.15, 0.2) is 34.1 Å². The molecule has 0 aliphatic carbocycles. The highest BCUT2D eigenvalue weighted by atomic mass is 79.9. The standard InChI is InChI=1S/C21H24BrN3O2S/c1-24-9-6-14-2-3-16(12-15(14)7-10-24)21(27)25-11-8-17(13-25)23-20(26)18-4-5-19(22)28-18/h2-5,12,17H,6-11,13H2,1H3,(H,23,26). The molecule has 0 bridgehead atoms. The van der Waals surface area contributed by atoms with Gasteiger partial charge in [0.2, 0.25) is 0 Å². The highest BCUT2D eigenvalue weighted by Gasteiger charge is 2.29. The van der Waals surface area contributed by atoms with Gasteiger partial charge >= 0.3 is 0 Å². The monoisotopic (exact) mass is 461 g/mol. The summed E-state index contributed by atoms with van der Waals surface area (Å²) in [6.45, 7) is 3.34. The van der Waals surface area contributed by atoms with Crippen LogP contribution in [0.1, 0.15) is 37.6 Å². The van der Waals surface area contributed by atoms with Gasteiger partial charge in [0.15, 0.2) is 0 Å². The Morgan fingerprint density at radius 1 is 1.11 bits per heavy atom. The molecule has 1 unspecified atom stereocenters. The van der Waals surface area contributed by atoms with Crippen molar-refractivity contribution in [2.45, 2.75) is 25.3 Å². The fourth-order valence-corrected chi connectivity index (χ4v) is 5.20. The molecule has 1 saturated heterocycles. The number of nitrogens with one attached hydrogen (secondary N) is 1. The molecule has 1 atom stereocenters. The second-order valence-corrected chi connectivity index (χ2v) is 10.1. The minimum atomic E-state index is -0.0656. The molecule has 0 radical (unpaired) electrons. The molecule has 1 aromatic carbocycles. The van der Waals surface area contributed by atoms with Gasteiger partial charge < -0.3 is 15.1 Å². The van der Waals surface area contributed by atoms with E-state index in [-0.39, 0.29) is 17.9 Å². The normalized spacial score (nSPS) is 19.9. The Balaban J connectivity index is 1.39. The molecule has 4 rings (SSSR count). The zero-order valence-corrected chi connectivity index (χ0v) is 18.3. The van der Waals surface area contributed by atoms with E-state index in [1.807, 2.05) is 23.1 Å². The lowest BCUT2D eigenvalue weighted by Crippen LogP contribution is -2.38. The van der Waals surface area contributed by atoms with E-state index in [0.29, 0.717) is 18.0 Å². The lowest BCUT2D eigenvalue weighted by Gasteiger charge is -2.18. The van der Waals surface area contributed by atoms with Crippen LogP contribution in [0.5, 0.6) is 0 Å². The number of thiophene rings is 1. The Bertz CT molecular complexity index is 898. The van der Waals surface area contributed by atoms with Gasteiger partial charge in [-0.1, -0.05) is 6.07 Å². The molecule has 2 aromatic rings. The highest BCUT2D eigenvalue weighted by Crippen LogP contribution is 2.23. The topological polar surface area (TPSA) is 52.7 Å². The molecule has 1 aromatic heterocycles. The van der Waals surface area contributed by atoms with Crippen molar-refractivity contribution in [3.05, 3.63) is 55.7 Å². The third-order valence-corrected chi connectivity index (χ3v) is 7.21. The van der Waals surface area contributed by atoms with Crippen molar-refractivity contribution in [1.29, 1.82) is 0 Å².